The Morgan fingerprint density at radius 3 is 2.47 bits per heavy atom. The van der Waals surface area contributed by atoms with Gasteiger partial charge in [0, 0.05) is 12.6 Å². The number of rotatable bonds is 10. The summed E-state index contributed by atoms with van der Waals surface area (Å²) >= 11 is 0. The topological polar surface area (TPSA) is 21.3 Å². The Bertz CT molecular complexity index is 166. The summed E-state index contributed by atoms with van der Waals surface area (Å²) in [6.07, 6.45) is 12.3. The van der Waals surface area contributed by atoms with E-state index in [2.05, 4.69) is 19.3 Å². The molecule has 102 valence electrons. The third-order valence-electron chi connectivity index (χ3n) is 4.03. The zero-order chi connectivity index (χ0) is 12.3. The largest absolute Gasteiger partial charge is 0.380 e. The highest BCUT2D eigenvalue weighted by Crippen LogP contribution is 2.27. The van der Waals surface area contributed by atoms with Crippen LogP contribution in [0.2, 0.25) is 0 Å². The van der Waals surface area contributed by atoms with Crippen LogP contribution in [0.25, 0.3) is 0 Å². The van der Waals surface area contributed by atoms with Gasteiger partial charge in [0.15, 0.2) is 0 Å². The molecule has 1 rings (SSSR count). The fourth-order valence-corrected chi connectivity index (χ4v) is 2.83. The Morgan fingerprint density at radius 1 is 1.12 bits per heavy atom. The molecule has 0 bridgehead atoms. The van der Waals surface area contributed by atoms with Crippen LogP contribution in [0.5, 0.6) is 0 Å². The number of ether oxygens (including phenoxy) is 1. The summed E-state index contributed by atoms with van der Waals surface area (Å²) in [4.78, 5) is 0. The van der Waals surface area contributed by atoms with E-state index >= 15 is 0 Å². The maximum atomic E-state index is 5.82. The summed E-state index contributed by atoms with van der Waals surface area (Å²) in [5.74, 6) is 0.861. The quantitative estimate of drug-likeness (QED) is 0.588. The third kappa shape index (κ3) is 6.42. The van der Waals surface area contributed by atoms with Gasteiger partial charge in [0.05, 0.1) is 6.61 Å². The lowest BCUT2D eigenvalue weighted by Crippen LogP contribution is -2.36. The Balaban J connectivity index is 1.96. The minimum atomic E-state index is 0.591. The van der Waals surface area contributed by atoms with Gasteiger partial charge in [0.2, 0.25) is 0 Å². The monoisotopic (exact) mass is 241 g/mol. The summed E-state index contributed by atoms with van der Waals surface area (Å²) in [6, 6.07) is 0.591. The second-order valence-corrected chi connectivity index (χ2v) is 5.43. The van der Waals surface area contributed by atoms with E-state index in [4.69, 9.17) is 4.74 Å². The number of likely N-dealkylation sites (N-methyl/N-ethyl adjacent to an activating group) is 1. The molecule has 0 amide bonds. The Kier molecular flexibility index (Phi) is 8.72. The zero-order valence-corrected chi connectivity index (χ0v) is 11.8. The molecule has 1 atom stereocenters. The van der Waals surface area contributed by atoms with Crippen molar-refractivity contribution in [3.8, 4) is 0 Å². The van der Waals surface area contributed by atoms with Gasteiger partial charge in [-0.2, -0.15) is 0 Å². The summed E-state index contributed by atoms with van der Waals surface area (Å²) < 4.78 is 5.82. The molecule has 17 heavy (non-hydrogen) atoms. The van der Waals surface area contributed by atoms with Gasteiger partial charge in [-0.1, -0.05) is 45.4 Å². The number of hydrogen-bond donors (Lipinski definition) is 1. The lowest BCUT2D eigenvalue weighted by atomic mass is 9.99. The molecule has 0 aliphatic heterocycles. The van der Waals surface area contributed by atoms with Gasteiger partial charge >= 0.3 is 0 Å². The van der Waals surface area contributed by atoms with Crippen molar-refractivity contribution in [1.29, 1.82) is 0 Å². The minimum Gasteiger partial charge on any atom is -0.380 e. The summed E-state index contributed by atoms with van der Waals surface area (Å²) in [5, 5.41) is 3.43. The average Bonchev–Trinajstić information content (AvgIpc) is 2.86. The molecule has 0 aromatic heterocycles. The van der Waals surface area contributed by atoms with Crippen molar-refractivity contribution in [2.45, 2.75) is 70.8 Å². The summed E-state index contributed by atoms with van der Waals surface area (Å²) in [6.45, 7) is 4.12. The molecule has 0 heterocycles. The first kappa shape index (κ1) is 15.0. The van der Waals surface area contributed by atoms with Crippen molar-refractivity contribution in [3.05, 3.63) is 0 Å². The van der Waals surface area contributed by atoms with Crippen molar-refractivity contribution in [2.75, 3.05) is 20.3 Å². The molecule has 1 saturated carbocycles. The molecule has 1 fully saturated rings. The van der Waals surface area contributed by atoms with Gasteiger partial charge in [-0.05, 0) is 32.2 Å². The van der Waals surface area contributed by atoms with Crippen molar-refractivity contribution in [3.63, 3.8) is 0 Å². The van der Waals surface area contributed by atoms with Gasteiger partial charge in [-0.25, -0.2) is 0 Å². The SMILES string of the molecule is CCCCCCCOCC(NC)C1CCCC1. The molecule has 0 aromatic carbocycles. The van der Waals surface area contributed by atoms with Crippen LogP contribution in [0.3, 0.4) is 0 Å². The van der Waals surface area contributed by atoms with Gasteiger partial charge in [0.25, 0.3) is 0 Å². The van der Waals surface area contributed by atoms with Crippen LogP contribution < -0.4 is 5.32 Å². The van der Waals surface area contributed by atoms with Crippen molar-refractivity contribution in [1.82, 2.24) is 5.32 Å². The minimum absolute atomic E-state index is 0.591. The van der Waals surface area contributed by atoms with Crippen LogP contribution >= 0.6 is 0 Å². The molecule has 1 unspecified atom stereocenters. The van der Waals surface area contributed by atoms with E-state index in [1.165, 1.54) is 57.8 Å². The highest BCUT2D eigenvalue weighted by Gasteiger charge is 2.23. The highest BCUT2D eigenvalue weighted by molar-refractivity contribution is 4.79. The van der Waals surface area contributed by atoms with Crippen LogP contribution in [0, 0.1) is 5.92 Å². The molecular formula is C15H31NO. The Labute approximate surface area is 108 Å². The molecule has 1 aliphatic rings. The first-order chi connectivity index (χ1) is 8.38. The maximum absolute atomic E-state index is 5.82. The van der Waals surface area contributed by atoms with E-state index in [0.717, 1.165) is 19.1 Å². The zero-order valence-electron chi connectivity index (χ0n) is 11.8. The van der Waals surface area contributed by atoms with Gasteiger partial charge in [-0.3, -0.25) is 0 Å². The molecular weight excluding hydrogens is 210 g/mol. The lowest BCUT2D eigenvalue weighted by molar-refractivity contribution is 0.0930. The van der Waals surface area contributed by atoms with Crippen molar-refractivity contribution in [2.24, 2.45) is 5.92 Å². The molecule has 2 nitrogen and oxygen atoms in total. The second-order valence-electron chi connectivity index (χ2n) is 5.43. The van der Waals surface area contributed by atoms with Gasteiger partial charge in [-0.15, -0.1) is 0 Å². The van der Waals surface area contributed by atoms with Crippen LogP contribution in [0.15, 0.2) is 0 Å². The lowest BCUT2D eigenvalue weighted by Gasteiger charge is -2.22. The van der Waals surface area contributed by atoms with Gasteiger partial charge in [0.1, 0.15) is 0 Å². The fourth-order valence-electron chi connectivity index (χ4n) is 2.83. The predicted octanol–water partition coefficient (Wildman–Crippen LogP) is 3.75. The average molecular weight is 241 g/mol. The Morgan fingerprint density at radius 2 is 1.82 bits per heavy atom. The van der Waals surface area contributed by atoms with Crippen LogP contribution in [0.1, 0.15) is 64.7 Å². The van der Waals surface area contributed by atoms with E-state index in [1.807, 2.05) is 0 Å². The molecule has 2 heteroatoms. The van der Waals surface area contributed by atoms with E-state index in [9.17, 15) is 0 Å². The number of nitrogens with one attached hydrogen (secondary N) is 1. The standard InChI is InChI=1S/C15H31NO/c1-3-4-5-6-9-12-17-13-15(16-2)14-10-7-8-11-14/h14-16H,3-13H2,1-2H3. The van der Waals surface area contributed by atoms with Crippen molar-refractivity contribution >= 4 is 0 Å². The van der Waals surface area contributed by atoms with E-state index < -0.39 is 0 Å². The van der Waals surface area contributed by atoms with Crippen LogP contribution in [-0.2, 0) is 4.74 Å². The first-order valence-electron chi connectivity index (χ1n) is 7.63. The van der Waals surface area contributed by atoms with E-state index in [-0.39, 0.29) is 0 Å². The third-order valence-corrected chi connectivity index (χ3v) is 4.03. The number of unbranched alkanes of at least 4 members (excludes halogenated alkanes) is 4. The first-order valence-corrected chi connectivity index (χ1v) is 7.63. The van der Waals surface area contributed by atoms with Crippen molar-refractivity contribution < 1.29 is 4.74 Å². The second kappa shape index (κ2) is 9.90. The summed E-state index contributed by atoms with van der Waals surface area (Å²) in [5.41, 5.74) is 0. The summed E-state index contributed by atoms with van der Waals surface area (Å²) in [7, 11) is 2.08. The molecule has 1 N–H and O–H groups in total. The predicted molar refractivity (Wildman–Crippen MR) is 74.4 cm³/mol. The van der Waals surface area contributed by atoms with E-state index in [0.29, 0.717) is 6.04 Å². The Hall–Kier alpha value is -0.0800. The maximum Gasteiger partial charge on any atom is 0.0622 e. The van der Waals surface area contributed by atoms with Gasteiger partial charge < -0.3 is 10.1 Å². The van der Waals surface area contributed by atoms with E-state index in [1.54, 1.807) is 0 Å². The molecule has 0 spiro atoms. The van der Waals surface area contributed by atoms with Crippen LogP contribution in [-0.4, -0.2) is 26.3 Å². The molecule has 1 aliphatic carbocycles. The molecule has 0 radical (unpaired) electrons. The highest BCUT2D eigenvalue weighted by atomic mass is 16.5. The smallest absolute Gasteiger partial charge is 0.0622 e. The number of hydrogen-bond acceptors (Lipinski definition) is 2. The van der Waals surface area contributed by atoms with Crippen LogP contribution in [0.4, 0.5) is 0 Å². The normalized spacial score (nSPS) is 18.7. The fraction of sp³-hybridized carbons (Fsp3) is 1.00. The molecule has 0 saturated heterocycles. The molecule has 0 aromatic rings.